The molecular formula is C18H20ClNO2S. The summed E-state index contributed by atoms with van der Waals surface area (Å²) >= 11 is 5.97. The number of halogens is 1. The number of hydrogen-bond donors (Lipinski definition) is 0. The molecular weight excluding hydrogens is 330 g/mol. The first-order chi connectivity index (χ1) is 10.8. The summed E-state index contributed by atoms with van der Waals surface area (Å²) in [5.41, 5.74) is 1.50. The standard InChI is InChI=1S/C18H20ClNO2S/c1-14-4-10-17(11-5-14)23(21,22)20-13-3-12-18(20,2)15-6-8-16(19)9-7-15/h4-11H,3,12-13H2,1-2H3. The van der Waals surface area contributed by atoms with E-state index in [4.69, 9.17) is 11.6 Å². The van der Waals surface area contributed by atoms with Gasteiger partial charge in [-0.2, -0.15) is 4.31 Å². The van der Waals surface area contributed by atoms with Gasteiger partial charge in [-0.15, -0.1) is 0 Å². The lowest BCUT2D eigenvalue weighted by molar-refractivity contribution is 0.270. The van der Waals surface area contributed by atoms with Crippen LogP contribution in [-0.4, -0.2) is 19.3 Å². The van der Waals surface area contributed by atoms with Crippen LogP contribution in [0.3, 0.4) is 0 Å². The van der Waals surface area contributed by atoms with Gasteiger partial charge in [0.05, 0.1) is 10.4 Å². The van der Waals surface area contributed by atoms with Crippen molar-refractivity contribution in [2.45, 2.75) is 37.1 Å². The van der Waals surface area contributed by atoms with Crippen molar-refractivity contribution in [3.05, 3.63) is 64.7 Å². The fourth-order valence-electron chi connectivity index (χ4n) is 3.26. The van der Waals surface area contributed by atoms with Crippen LogP contribution >= 0.6 is 11.6 Å². The van der Waals surface area contributed by atoms with E-state index >= 15 is 0 Å². The summed E-state index contributed by atoms with van der Waals surface area (Å²) in [4.78, 5) is 0.352. The maximum absolute atomic E-state index is 13.1. The number of rotatable bonds is 3. The molecule has 122 valence electrons. The maximum atomic E-state index is 13.1. The minimum absolute atomic E-state index is 0.352. The molecule has 0 N–H and O–H groups in total. The van der Waals surface area contributed by atoms with Gasteiger partial charge in [0.15, 0.2) is 0 Å². The Morgan fingerprint density at radius 3 is 2.26 bits per heavy atom. The van der Waals surface area contributed by atoms with Gasteiger partial charge in [0, 0.05) is 11.6 Å². The highest BCUT2D eigenvalue weighted by Gasteiger charge is 2.45. The van der Waals surface area contributed by atoms with Crippen LogP contribution in [0.25, 0.3) is 0 Å². The normalized spacial score (nSPS) is 22.4. The number of sulfonamides is 1. The third-order valence-electron chi connectivity index (χ3n) is 4.65. The van der Waals surface area contributed by atoms with Crippen molar-refractivity contribution in [3.8, 4) is 0 Å². The number of aryl methyl sites for hydroxylation is 1. The molecule has 0 aliphatic carbocycles. The summed E-state index contributed by atoms with van der Waals surface area (Å²) in [7, 11) is -3.52. The van der Waals surface area contributed by atoms with Crippen molar-refractivity contribution in [2.75, 3.05) is 6.54 Å². The average Bonchev–Trinajstić information content (AvgIpc) is 2.92. The fraction of sp³-hybridized carbons (Fsp3) is 0.333. The fourth-order valence-corrected chi connectivity index (χ4v) is 5.22. The molecule has 0 saturated carbocycles. The second-order valence-electron chi connectivity index (χ2n) is 6.27. The highest BCUT2D eigenvalue weighted by molar-refractivity contribution is 7.89. The summed E-state index contributed by atoms with van der Waals surface area (Å²) < 4.78 is 27.8. The predicted molar refractivity (Wildman–Crippen MR) is 93.1 cm³/mol. The molecule has 1 fully saturated rings. The van der Waals surface area contributed by atoms with E-state index in [9.17, 15) is 8.42 Å². The average molecular weight is 350 g/mol. The van der Waals surface area contributed by atoms with Gasteiger partial charge in [-0.05, 0) is 56.5 Å². The summed E-state index contributed by atoms with van der Waals surface area (Å²) in [5, 5.41) is 0.656. The van der Waals surface area contributed by atoms with Crippen LogP contribution < -0.4 is 0 Å². The van der Waals surface area contributed by atoms with Crippen LogP contribution in [0.5, 0.6) is 0 Å². The van der Waals surface area contributed by atoms with E-state index in [1.54, 1.807) is 16.4 Å². The molecule has 0 amide bonds. The summed E-state index contributed by atoms with van der Waals surface area (Å²) in [6.07, 6.45) is 1.66. The summed E-state index contributed by atoms with van der Waals surface area (Å²) in [6, 6.07) is 14.5. The largest absolute Gasteiger partial charge is 0.243 e. The van der Waals surface area contributed by atoms with Gasteiger partial charge in [-0.25, -0.2) is 8.42 Å². The van der Waals surface area contributed by atoms with E-state index in [1.165, 1.54) is 0 Å². The molecule has 1 atom stereocenters. The first kappa shape index (κ1) is 16.5. The third-order valence-corrected chi connectivity index (χ3v) is 6.94. The second kappa shape index (κ2) is 5.93. The first-order valence-corrected chi connectivity index (χ1v) is 9.51. The Morgan fingerprint density at radius 1 is 1.04 bits per heavy atom. The van der Waals surface area contributed by atoms with Crippen LogP contribution in [0.2, 0.25) is 5.02 Å². The molecule has 1 unspecified atom stereocenters. The SMILES string of the molecule is Cc1ccc(S(=O)(=O)N2CCCC2(C)c2ccc(Cl)cc2)cc1. The van der Waals surface area contributed by atoms with E-state index in [2.05, 4.69) is 0 Å². The molecule has 0 bridgehead atoms. The molecule has 2 aromatic carbocycles. The zero-order valence-corrected chi connectivity index (χ0v) is 14.9. The smallest absolute Gasteiger partial charge is 0.207 e. The highest BCUT2D eigenvalue weighted by atomic mass is 35.5. The van der Waals surface area contributed by atoms with Crippen LogP contribution in [-0.2, 0) is 15.6 Å². The van der Waals surface area contributed by atoms with E-state index in [-0.39, 0.29) is 0 Å². The van der Waals surface area contributed by atoms with Gasteiger partial charge in [0.25, 0.3) is 0 Å². The predicted octanol–water partition coefficient (Wildman–Crippen LogP) is 4.35. The minimum atomic E-state index is -3.52. The summed E-state index contributed by atoms with van der Waals surface area (Å²) in [5.74, 6) is 0. The Balaban J connectivity index is 2.03. The zero-order valence-electron chi connectivity index (χ0n) is 13.3. The van der Waals surface area contributed by atoms with Crippen molar-refractivity contribution < 1.29 is 8.42 Å². The number of nitrogens with zero attached hydrogens (tertiary/aromatic N) is 1. The van der Waals surface area contributed by atoms with Gasteiger partial charge in [0.2, 0.25) is 10.0 Å². The molecule has 3 rings (SSSR count). The van der Waals surface area contributed by atoms with Crippen LogP contribution in [0, 0.1) is 6.92 Å². The van der Waals surface area contributed by atoms with E-state index in [1.807, 2.05) is 50.2 Å². The Labute approximate surface area is 142 Å². The Hall–Kier alpha value is -1.36. The van der Waals surface area contributed by atoms with E-state index < -0.39 is 15.6 Å². The Kier molecular flexibility index (Phi) is 4.25. The van der Waals surface area contributed by atoms with E-state index in [0.717, 1.165) is 24.0 Å². The molecule has 1 aliphatic heterocycles. The summed E-state index contributed by atoms with van der Waals surface area (Å²) in [6.45, 7) is 4.48. The third kappa shape index (κ3) is 2.91. The molecule has 5 heteroatoms. The van der Waals surface area contributed by atoms with Crippen LogP contribution in [0.4, 0.5) is 0 Å². The van der Waals surface area contributed by atoms with E-state index in [0.29, 0.717) is 16.5 Å². The van der Waals surface area contributed by atoms with Gasteiger partial charge in [-0.1, -0.05) is 41.4 Å². The molecule has 0 radical (unpaired) electrons. The van der Waals surface area contributed by atoms with Gasteiger partial charge in [0.1, 0.15) is 0 Å². The van der Waals surface area contributed by atoms with Gasteiger partial charge in [-0.3, -0.25) is 0 Å². The second-order valence-corrected chi connectivity index (χ2v) is 8.57. The highest BCUT2D eigenvalue weighted by Crippen LogP contribution is 2.42. The topological polar surface area (TPSA) is 37.4 Å². The Bertz CT molecular complexity index is 800. The van der Waals surface area contributed by atoms with Crippen molar-refractivity contribution in [2.24, 2.45) is 0 Å². The minimum Gasteiger partial charge on any atom is -0.207 e. The molecule has 2 aromatic rings. The van der Waals surface area contributed by atoms with Crippen molar-refractivity contribution >= 4 is 21.6 Å². The maximum Gasteiger partial charge on any atom is 0.243 e. The lowest BCUT2D eigenvalue weighted by Gasteiger charge is -2.35. The molecule has 1 saturated heterocycles. The molecule has 0 spiro atoms. The quantitative estimate of drug-likeness (QED) is 0.826. The first-order valence-electron chi connectivity index (χ1n) is 7.70. The molecule has 1 aliphatic rings. The van der Waals surface area contributed by atoms with Gasteiger partial charge >= 0.3 is 0 Å². The number of hydrogen-bond acceptors (Lipinski definition) is 2. The number of benzene rings is 2. The monoisotopic (exact) mass is 349 g/mol. The lowest BCUT2D eigenvalue weighted by Crippen LogP contribution is -2.42. The molecule has 3 nitrogen and oxygen atoms in total. The van der Waals surface area contributed by atoms with Crippen molar-refractivity contribution in [1.82, 2.24) is 4.31 Å². The van der Waals surface area contributed by atoms with Gasteiger partial charge < -0.3 is 0 Å². The Morgan fingerprint density at radius 2 is 1.65 bits per heavy atom. The van der Waals surface area contributed by atoms with Crippen LogP contribution in [0.1, 0.15) is 30.9 Å². The molecule has 23 heavy (non-hydrogen) atoms. The van der Waals surface area contributed by atoms with Crippen molar-refractivity contribution in [3.63, 3.8) is 0 Å². The zero-order chi connectivity index (χ0) is 16.7. The lowest BCUT2D eigenvalue weighted by atomic mass is 9.91. The molecule has 0 aromatic heterocycles. The van der Waals surface area contributed by atoms with Crippen LogP contribution in [0.15, 0.2) is 53.4 Å². The molecule has 1 heterocycles. The van der Waals surface area contributed by atoms with Crippen molar-refractivity contribution in [1.29, 1.82) is 0 Å².